The van der Waals surface area contributed by atoms with Crippen LogP contribution in [0.4, 0.5) is 0 Å². The van der Waals surface area contributed by atoms with Crippen molar-refractivity contribution in [2.45, 2.75) is 81.8 Å². The summed E-state index contributed by atoms with van der Waals surface area (Å²) in [4.78, 5) is 38.1. The van der Waals surface area contributed by atoms with Crippen molar-refractivity contribution >= 4 is 17.7 Å². The van der Waals surface area contributed by atoms with Gasteiger partial charge in [-0.3, -0.25) is 4.79 Å². The van der Waals surface area contributed by atoms with Gasteiger partial charge in [0.15, 0.2) is 12.2 Å². The summed E-state index contributed by atoms with van der Waals surface area (Å²) in [5, 5.41) is 22.1. The number of carbonyl (C=O) groups excluding carboxylic acids is 3. The van der Waals surface area contributed by atoms with Crippen LogP contribution in [0.3, 0.4) is 0 Å². The predicted octanol–water partition coefficient (Wildman–Crippen LogP) is 1.30. The predicted molar refractivity (Wildman–Crippen MR) is 122 cm³/mol. The summed E-state index contributed by atoms with van der Waals surface area (Å²) in [6.45, 7) is 3.33. The molecule has 1 saturated heterocycles. The second-order valence-electron chi connectivity index (χ2n) is 10.2. The molecular weight excluding hydrogens is 454 g/mol. The number of Topliss-reactive ketones (excluding diaryl/α,β-unsaturated/α-hetero) is 1. The zero-order valence-corrected chi connectivity index (χ0v) is 20.2. The van der Waals surface area contributed by atoms with Gasteiger partial charge in [0.1, 0.15) is 17.3 Å². The second kappa shape index (κ2) is 8.43. The smallest absolute Gasteiger partial charge is 0.352 e. The minimum absolute atomic E-state index is 0.0478. The number of rotatable bonds is 7. The molecule has 0 unspecified atom stereocenters. The Kier molecular flexibility index (Phi) is 5.77. The number of hydrogen-bond donors (Lipinski definition) is 2. The SMILES string of the molecule is CC(=O)CCC(=O)O[C@@H](C)C(=O)OC1=CC[C@@]2(O)[C@H]3Cc4ccc(CO)c5c4[C@@]2(CCN3C)[C@H]1O5. The maximum absolute atomic E-state index is 12.9. The van der Waals surface area contributed by atoms with Gasteiger partial charge in [-0.2, -0.15) is 0 Å². The van der Waals surface area contributed by atoms with Crippen LogP contribution in [0.25, 0.3) is 0 Å². The lowest BCUT2D eigenvalue weighted by Crippen LogP contribution is -2.74. The van der Waals surface area contributed by atoms with Gasteiger partial charge in [-0.15, -0.1) is 0 Å². The van der Waals surface area contributed by atoms with Crippen LogP contribution in [0.15, 0.2) is 24.0 Å². The van der Waals surface area contributed by atoms with Crippen molar-refractivity contribution in [1.82, 2.24) is 4.90 Å². The van der Waals surface area contributed by atoms with Gasteiger partial charge in [0.2, 0.25) is 0 Å². The molecule has 0 aromatic heterocycles. The maximum Gasteiger partial charge on any atom is 0.352 e. The summed E-state index contributed by atoms with van der Waals surface area (Å²) in [5.74, 6) is -0.703. The van der Waals surface area contributed by atoms with Crippen molar-refractivity contribution in [2.75, 3.05) is 13.6 Å². The van der Waals surface area contributed by atoms with Gasteiger partial charge in [-0.25, -0.2) is 4.79 Å². The molecule has 0 amide bonds. The highest BCUT2D eigenvalue weighted by Gasteiger charge is 2.71. The number of hydrogen-bond acceptors (Lipinski definition) is 9. The van der Waals surface area contributed by atoms with Gasteiger partial charge in [0.25, 0.3) is 0 Å². The molecule has 5 atom stereocenters. The average Bonchev–Trinajstić information content (AvgIpc) is 3.17. The van der Waals surface area contributed by atoms with Crippen LogP contribution in [-0.2, 0) is 42.3 Å². The summed E-state index contributed by atoms with van der Waals surface area (Å²) >= 11 is 0. The molecule has 9 nitrogen and oxygen atoms in total. The number of likely N-dealkylation sites (tertiary alicyclic amines) is 1. The van der Waals surface area contributed by atoms with E-state index in [2.05, 4.69) is 4.90 Å². The first-order valence-corrected chi connectivity index (χ1v) is 12.1. The van der Waals surface area contributed by atoms with Crippen LogP contribution in [-0.4, -0.2) is 70.3 Å². The molecule has 4 aliphatic rings. The Morgan fingerprint density at radius 2 is 2.06 bits per heavy atom. The Bertz CT molecular complexity index is 1130. The van der Waals surface area contributed by atoms with Crippen molar-refractivity contribution in [3.63, 3.8) is 0 Å². The Hall–Kier alpha value is -2.75. The monoisotopic (exact) mass is 485 g/mol. The summed E-state index contributed by atoms with van der Waals surface area (Å²) in [6, 6.07) is 3.71. The fourth-order valence-electron chi connectivity index (χ4n) is 6.41. The third-order valence-corrected chi connectivity index (χ3v) is 8.17. The van der Waals surface area contributed by atoms with Crippen molar-refractivity contribution in [3.05, 3.63) is 40.7 Å². The van der Waals surface area contributed by atoms with E-state index in [4.69, 9.17) is 14.2 Å². The van der Waals surface area contributed by atoms with Gasteiger partial charge in [-0.05, 0) is 51.9 Å². The molecular formula is C26H31NO8. The minimum Gasteiger partial charge on any atom is -0.481 e. The van der Waals surface area contributed by atoms with Gasteiger partial charge >= 0.3 is 11.9 Å². The zero-order valence-electron chi connectivity index (χ0n) is 20.2. The van der Waals surface area contributed by atoms with E-state index in [1.54, 1.807) is 6.08 Å². The van der Waals surface area contributed by atoms with Gasteiger partial charge in [-0.1, -0.05) is 12.1 Å². The van der Waals surface area contributed by atoms with E-state index in [1.165, 1.54) is 13.8 Å². The van der Waals surface area contributed by atoms with Crippen LogP contribution in [0.1, 0.15) is 56.2 Å². The third kappa shape index (κ3) is 3.43. The Labute approximate surface area is 203 Å². The number of ether oxygens (including phenoxy) is 3. The second-order valence-corrected chi connectivity index (χ2v) is 10.2. The summed E-state index contributed by atoms with van der Waals surface area (Å²) in [5.41, 5.74) is 0.667. The molecule has 1 aromatic rings. The molecule has 1 aromatic carbocycles. The molecule has 1 fully saturated rings. The molecule has 9 heteroatoms. The Balaban J connectivity index is 1.45. The minimum atomic E-state index is -1.17. The zero-order chi connectivity index (χ0) is 25.1. The summed E-state index contributed by atoms with van der Waals surface area (Å²) in [6.07, 6.45) is 1.27. The van der Waals surface area contributed by atoms with Crippen LogP contribution in [0, 0.1) is 0 Å². The lowest BCUT2D eigenvalue weighted by Gasteiger charge is -2.61. The number of likely N-dealkylation sites (N-methyl/N-ethyl adjacent to an activating group) is 1. The van der Waals surface area contributed by atoms with Crippen molar-refractivity contribution in [2.24, 2.45) is 0 Å². The van der Waals surface area contributed by atoms with E-state index >= 15 is 0 Å². The summed E-state index contributed by atoms with van der Waals surface area (Å²) in [7, 11) is 2.01. The number of ketones is 1. The van der Waals surface area contributed by atoms with Crippen molar-refractivity contribution in [1.29, 1.82) is 0 Å². The lowest BCUT2D eigenvalue weighted by molar-refractivity contribution is -0.175. The van der Waals surface area contributed by atoms with E-state index in [9.17, 15) is 24.6 Å². The van der Waals surface area contributed by atoms with Gasteiger partial charge in [0.05, 0.1) is 24.0 Å². The fraction of sp³-hybridized carbons (Fsp3) is 0.577. The Morgan fingerprint density at radius 1 is 1.29 bits per heavy atom. The van der Waals surface area contributed by atoms with E-state index in [0.29, 0.717) is 24.2 Å². The largest absolute Gasteiger partial charge is 0.481 e. The normalized spacial score (nSPS) is 31.1. The molecule has 1 spiro atoms. The summed E-state index contributed by atoms with van der Waals surface area (Å²) < 4.78 is 17.3. The molecule has 0 radical (unpaired) electrons. The quantitative estimate of drug-likeness (QED) is 0.550. The van der Waals surface area contributed by atoms with Crippen LogP contribution in [0.2, 0.25) is 0 Å². The molecule has 2 bridgehead atoms. The number of carbonyl (C=O) groups is 3. The molecule has 2 N–H and O–H groups in total. The van der Waals surface area contributed by atoms with Crippen LogP contribution >= 0.6 is 0 Å². The first-order valence-electron chi connectivity index (χ1n) is 12.1. The van der Waals surface area contributed by atoms with E-state index < -0.39 is 35.2 Å². The van der Waals surface area contributed by atoms with E-state index in [-0.39, 0.29) is 43.5 Å². The first-order chi connectivity index (χ1) is 16.6. The highest BCUT2D eigenvalue weighted by atomic mass is 16.6. The number of benzene rings is 1. The number of nitrogens with zero attached hydrogens (tertiary/aromatic N) is 1. The fourth-order valence-corrected chi connectivity index (χ4v) is 6.41. The van der Waals surface area contributed by atoms with E-state index in [0.717, 1.165) is 17.7 Å². The topological polar surface area (TPSA) is 123 Å². The maximum atomic E-state index is 12.9. The number of aliphatic hydroxyl groups is 2. The first kappa shape index (κ1) is 24.0. The van der Waals surface area contributed by atoms with E-state index in [1.807, 2.05) is 19.2 Å². The molecule has 35 heavy (non-hydrogen) atoms. The van der Waals surface area contributed by atoms with Crippen LogP contribution < -0.4 is 4.74 Å². The lowest BCUT2D eigenvalue weighted by atomic mass is 9.50. The molecule has 2 heterocycles. The van der Waals surface area contributed by atoms with Crippen molar-refractivity contribution < 1.29 is 38.8 Å². The molecule has 5 rings (SSSR count). The molecule has 2 aliphatic carbocycles. The number of aliphatic hydroxyl groups excluding tert-OH is 1. The molecule has 188 valence electrons. The average molecular weight is 486 g/mol. The van der Waals surface area contributed by atoms with Gasteiger partial charge < -0.3 is 34.1 Å². The molecule has 2 aliphatic heterocycles. The van der Waals surface area contributed by atoms with Crippen molar-refractivity contribution in [3.8, 4) is 5.75 Å². The highest BCUT2D eigenvalue weighted by molar-refractivity contribution is 5.83. The third-order valence-electron chi connectivity index (χ3n) is 8.17. The standard InChI is InChI=1S/C26H31NO8/c1-14(29)4-7-20(30)33-15(2)24(31)34-18-8-9-26(32)19-12-16-5-6-17(13-28)22-21(16)25(26,23(18)35-22)10-11-27(19)3/h5-6,8,15,19,23,28,32H,4,7,9-13H2,1-3H3/t15-,19+,23-,25-,26+/m0/s1. The van der Waals surface area contributed by atoms with Gasteiger partial charge in [0, 0.05) is 30.0 Å². The number of esters is 2. The highest BCUT2D eigenvalue weighted by Crippen LogP contribution is 2.64. The Morgan fingerprint density at radius 3 is 2.77 bits per heavy atom. The number of piperidine rings is 1. The molecule has 0 saturated carbocycles. The van der Waals surface area contributed by atoms with Crippen LogP contribution in [0.5, 0.6) is 5.75 Å².